The SMILES string of the molecule is CCCCc1nc2c(N)nc3ccccc3c2n1CCCCNC(=O)OCc1ccc(NC(=O)C(CCCNC(N)=O)NC(=O)C(NN2C(=O)CC(SCC3NC4C5CCCCCCCC5C4C3=O)C2=O)C(C)C)cc1. The highest BCUT2D eigenvalue weighted by molar-refractivity contribution is 8.00. The topological polar surface area (TPSA) is 287 Å². The van der Waals surface area contributed by atoms with Crippen molar-refractivity contribution in [1.29, 1.82) is 0 Å². The lowest BCUT2D eigenvalue weighted by Gasteiger charge is -2.48. The smallest absolute Gasteiger partial charge is 0.407 e. The van der Waals surface area contributed by atoms with Gasteiger partial charge in [-0.2, -0.15) is 0 Å². The molecule has 8 unspecified atom stereocenters. The molecule has 410 valence electrons. The third kappa shape index (κ3) is 13.4. The second-order valence-electron chi connectivity index (χ2n) is 21.2. The molecule has 4 heterocycles. The number of benzene rings is 2. The first-order chi connectivity index (χ1) is 36.7. The first-order valence-electron chi connectivity index (χ1n) is 27.4. The Bertz CT molecular complexity index is 2740. The highest BCUT2D eigenvalue weighted by Gasteiger charge is 2.59. The summed E-state index contributed by atoms with van der Waals surface area (Å²) in [6.07, 6.45) is 12.4. The van der Waals surface area contributed by atoms with Crippen LogP contribution in [0.25, 0.3) is 21.9 Å². The van der Waals surface area contributed by atoms with Crippen LogP contribution in [0.15, 0.2) is 48.5 Å². The molecule has 2 aromatic carbocycles. The van der Waals surface area contributed by atoms with Gasteiger partial charge in [0.15, 0.2) is 11.6 Å². The number of imidazole rings is 1. The number of unbranched alkanes of at least 4 members (excludes halogenated alkanes) is 2. The summed E-state index contributed by atoms with van der Waals surface area (Å²) in [4.78, 5) is 102. The number of thioether (sulfide) groups is 1. The molecule has 2 aliphatic carbocycles. The Morgan fingerprint density at radius 2 is 1.62 bits per heavy atom. The van der Waals surface area contributed by atoms with Gasteiger partial charge in [0.25, 0.3) is 5.91 Å². The van der Waals surface area contributed by atoms with Crippen LogP contribution in [0.4, 0.5) is 21.1 Å². The van der Waals surface area contributed by atoms with E-state index in [1.807, 2.05) is 24.3 Å². The Morgan fingerprint density at radius 1 is 0.882 bits per heavy atom. The Hall–Kier alpha value is -6.32. The largest absolute Gasteiger partial charge is 0.445 e. The number of para-hydroxylation sites is 1. The zero-order chi connectivity index (χ0) is 53.9. The van der Waals surface area contributed by atoms with Crippen LogP contribution in [-0.2, 0) is 48.3 Å². The molecular formula is C55H76N12O8S. The third-order valence-corrected chi connectivity index (χ3v) is 16.8. The molecule has 4 aromatic rings. The number of hydrogen-bond acceptors (Lipinski definition) is 14. The van der Waals surface area contributed by atoms with Gasteiger partial charge in [0, 0.05) is 61.3 Å². The predicted molar refractivity (Wildman–Crippen MR) is 292 cm³/mol. The Labute approximate surface area is 448 Å². The van der Waals surface area contributed by atoms with Crippen molar-refractivity contribution in [3.8, 4) is 0 Å². The number of imide groups is 1. The van der Waals surface area contributed by atoms with E-state index >= 15 is 0 Å². The van der Waals surface area contributed by atoms with E-state index in [9.17, 15) is 33.6 Å². The number of amides is 7. The Balaban J connectivity index is 0.796. The second kappa shape index (κ2) is 26.2. The molecule has 20 nitrogen and oxygen atoms in total. The van der Waals surface area contributed by atoms with Crippen LogP contribution in [0.2, 0.25) is 0 Å². The van der Waals surface area contributed by atoms with Crippen molar-refractivity contribution >= 4 is 86.7 Å². The normalized spacial score (nSPS) is 22.3. The number of ether oxygens (including phenoxy) is 1. The van der Waals surface area contributed by atoms with Crippen LogP contribution in [-0.4, -0.2) is 109 Å². The van der Waals surface area contributed by atoms with Gasteiger partial charge in [0.05, 0.1) is 22.3 Å². The molecule has 0 radical (unpaired) electrons. The monoisotopic (exact) mass is 1060 g/mol. The minimum atomic E-state index is -1.09. The van der Waals surface area contributed by atoms with E-state index in [0.717, 1.165) is 72.2 Å². The fraction of sp³-hybridized carbons (Fsp3) is 0.582. The summed E-state index contributed by atoms with van der Waals surface area (Å²) in [5.74, 6) is 0.444. The standard InChI is InChI=1S/C55H76N12O8S/c1-4-5-21-42-64-47-48(37-18-11-12-19-38(37)62-50(47)56)66(42)28-14-13-26-59-55(74)75-30-33-22-24-34(25-23-33)60-51(70)39(20-15-27-58-54(57)73)63-52(71)45(32(2)3)65-67-43(68)29-41(53(67)72)76-31-40-49(69)44-35-16-9-7-6-8-10-17-36(35)46(44)61-40/h11-12,18-19,22-25,32,35-36,39-41,44-46,61,65H,4-10,13-17,20-21,26-31H2,1-3H3,(H2,56,62)(H,59,74)(H,60,70)(H,63,71)(H3,57,58,73). The van der Waals surface area contributed by atoms with Crippen molar-refractivity contribution in [2.45, 2.75) is 160 Å². The molecule has 2 aliphatic heterocycles. The highest BCUT2D eigenvalue weighted by atomic mass is 32.2. The number of hydrazine groups is 1. The summed E-state index contributed by atoms with van der Waals surface area (Å²) >= 11 is 1.30. The third-order valence-electron chi connectivity index (χ3n) is 15.5. The minimum absolute atomic E-state index is 0.0139. The minimum Gasteiger partial charge on any atom is -0.445 e. The maximum atomic E-state index is 14.0. The summed E-state index contributed by atoms with van der Waals surface area (Å²) in [5.41, 5.74) is 18.1. The van der Waals surface area contributed by atoms with Crippen LogP contribution in [0, 0.1) is 23.7 Å². The molecule has 4 fully saturated rings. The molecule has 76 heavy (non-hydrogen) atoms. The van der Waals surface area contributed by atoms with E-state index in [1.165, 1.54) is 37.4 Å². The lowest BCUT2D eigenvalue weighted by molar-refractivity contribution is -0.145. The second-order valence-corrected chi connectivity index (χ2v) is 22.4. The summed E-state index contributed by atoms with van der Waals surface area (Å²) in [6.45, 7) is 6.92. The fourth-order valence-electron chi connectivity index (χ4n) is 11.4. The van der Waals surface area contributed by atoms with Crippen LogP contribution in [0.1, 0.15) is 122 Å². The number of nitrogens with one attached hydrogen (secondary N) is 6. The molecule has 7 amide bonds. The molecule has 4 aliphatic rings. The van der Waals surface area contributed by atoms with Gasteiger partial charge in [-0.1, -0.05) is 89.6 Å². The first-order valence-corrected chi connectivity index (χ1v) is 28.5. The first kappa shape index (κ1) is 55.9. The number of nitrogens with two attached hydrogens (primary N) is 2. The van der Waals surface area contributed by atoms with E-state index in [1.54, 1.807) is 38.1 Å². The van der Waals surface area contributed by atoms with Crippen molar-refractivity contribution in [3.05, 3.63) is 59.9 Å². The van der Waals surface area contributed by atoms with Gasteiger partial charge in [-0.15, -0.1) is 11.8 Å². The van der Waals surface area contributed by atoms with Crippen molar-refractivity contribution in [1.82, 2.24) is 46.2 Å². The molecular weight excluding hydrogens is 989 g/mol. The van der Waals surface area contributed by atoms with Gasteiger partial charge < -0.3 is 47.4 Å². The predicted octanol–water partition coefficient (Wildman–Crippen LogP) is 5.99. The van der Waals surface area contributed by atoms with E-state index in [0.29, 0.717) is 59.7 Å². The zero-order valence-electron chi connectivity index (χ0n) is 44.1. The molecule has 10 N–H and O–H groups in total. The Kier molecular flexibility index (Phi) is 19.2. The van der Waals surface area contributed by atoms with Crippen LogP contribution < -0.4 is 43.5 Å². The van der Waals surface area contributed by atoms with E-state index in [4.69, 9.17) is 21.2 Å². The highest BCUT2D eigenvalue weighted by Crippen LogP contribution is 2.51. The number of ketones is 1. The number of nitrogen functional groups attached to an aromatic ring is 1. The summed E-state index contributed by atoms with van der Waals surface area (Å²) < 4.78 is 7.73. The summed E-state index contributed by atoms with van der Waals surface area (Å²) in [6, 6.07) is 11.6. The van der Waals surface area contributed by atoms with Gasteiger partial charge in [-0.3, -0.25) is 24.0 Å². The molecule has 8 rings (SSSR count). The number of Topliss-reactive ketones (excluding diaryl/α,β-unsaturated/α-hetero) is 1. The van der Waals surface area contributed by atoms with Gasteiger partial charge in [-0.05, 0) is 86.5 Å². The van der Waals surface area contributed by atoms with Crippen molar-refractivity contribution in [2.24, 2.45) is 29.4 Å². The van der Waals surface area contributed by atoms with E-state index < -0.39 is 59.0 Å². The van der Waals surface area contributed by atoms with Gasteiger partial charge in [-0.25, -0.2) is 30.0 Å². The van der Waals surface area contributed by atoms with Crippen molar-refractivity contribution < 1.29 is 38.3 Å². The lowest BCUT2D eigenvalue weighted by atomic mass is 9.58. The molecule has 21 heteroatoms. The number of alkyl carbamates (subject to hydrolysis) is 1. The van der Waals surface area contributed by atoms with Crippen molar-refractivity contribution in [2.75, 3.05) is 29.9 Å². The Morgan fingerprint density at radius 3 is 2.37 bits per heavy atom. The average molecular weight is 1070 g/mol. The number of urea groups is 1. The fourth-order valence-corrected chi connectivity index (χ4v) is 12.6. The number of hydrogen-bond donors (Lipinski definition) is 8. The number of anilines is 2. The maximum absolute atomic E-state index is 14.0. The number of carbonyl (C=O) groups is 7. The van der Waals surface area contributed by atoms with Crippen LogP contribution in [0.3, 0.4) is 0 Å². The molecule has 0 spiro atoms. The number of carbonyl (C=O) groups excluding carboxylic acids is 7. The number of primary amides is 1. The molecule has 2 saturated carbocycles. The van der Waals surface area contributed by atoms with Gasteiger partial charge in [0.2, 0.25) is 17.7 Å². The quantitative estimate of drug-likeness (QED) is 0.0296. The van der Waals surface area contributed by atoms with Crippen LogP contribution >= 0.6 is 11.8 Å². The average Bonchev–Trinajstić information content (AvgIpc) is 4.12. The summed E-state index contributed by atoms with van der Waals surface area (Å²) in [7, 11) is 0. The number of aryl methyl sites for hydroxylation is 2. The molecule has 2 aromatic heterocycles. The van der Waals surface area contributed by atoms with Crippen LogP contribution in [0.5, 0.6) is 0 Å². The van der Waals surface area contributed by atoms with E-state index in [2.05, 4.69) is 48.5 Å². The summed E-state index contributed by atoms with van der Waals surface area (Å²) in [5, 5.41) is 15.8. The molecule has 0 bridgehead atoms. The number of aromatic nitrogens is 3. The number of rotatable bonds is 24. The van der Waals surface area contributed by atoms with Crippen molar-refractivity contribution in [3.63, 3.8) is 0 Å². The maximum Gasteiger partial charge on any atom is 0.407 e. The lowest BCUT2D eigenvalue weighted by Crippen LogP contribution is -2.58. The molecule has 2 saturated heterocycles. The van der Waals surface area contributed by atoms with Gasteiger partial charge in [0.1, 0.15) is 30.0 Å². The molecule has 8 atom stereocenters. The number of fused-ring (bicyclic) bond motifs is 7. The van der Waals surface area contributed by atoms with E-state index in [-0.39, 0.29) is 56.2 Å². The number of pyridine rings is 1. The van der Waals surface area contributed by atoms with Gasteiger partial charge >= 0.3 is 12.1 Å². The zero-order valence-corrected chi connectivity index (χ0v) is 44.9. The number of nitrogens with zero attached hydrogens (tertiary/aromatic N) is 4.